The fourth-order valence-corrected chi connectivity index (χ4v) is 2.86. The molecule has 1 saturated heterocycles. The van der Waals surface area contributed by atoms with Gasteiger partial charge in [0.2, 0.25) is 5.89 Å². The van der Waals surface area contributed by atoms with E-state index in [1.54, 1.807) is 0 Å². The molecule has 2 heterocycles. The second-order valence-electron chi connectivity index (χ2n) is 5.85. The molecule has 1 aromatic heterocycles. The van der Waals surface area contributed by atoms with E-state index in [4.69, 9.17) is 4.42 Å². The van der Waals surface area contributed by atoms with Crippen molar-refractivity contribution in [3.05, 3.63) is 41.9 Å². The lowest BCUT2D eigenvalue weighted by molar-refractivity contribution is 0.173. The molecule has 0 amide bonds. The van der Waals surface area contributed by atoms with E-state index in [-0.39, 0.29) is 0 Å². The normalized spacial score (nSPS) is 19.8. The third-order valence-corrected chi connectivity index (χ3v) is 4.16. The average Bonchev–Trinajstić information content (AvgIpc) is 2.96. The Bertz CT molecular complexity index is 576. The Morgan fingerprint density at radius 3 is 2.90 bits per heavy atom. The summed E-state index contributed by atoms with van der Waals surface area (Å²) in [6, 6.07) is 8.94. The van der Waals surface area contributed by atoms with E-state index < -0.39 is 0 Å². The van der Waals surface area contributed by atoms with Crippen molar-refractivity contribution in [1.29, 1.82) is 0 Å². The summed E-state index contributed by atoms with van der Waals surface area (Å²) < 4.78 is 5.91. The molecule has 0 spiro atoms. The van der Waals surface area contributed by atoms with Crippen LogP contribution < -0.4 is 5.32 Å². The van der Waals surface area contributed by atoms with Gasteiger partial charge in [-0.05, 0) is 33.4 Å². The molecule has 0 radical (unpaired) electrons. The van der Waals surface area contributed by atoms with Gasteiger partial charge in [0.15, 0.2) is 5.76 Å². The van der Waals surface area contributed by atoms with E-state index in [0.29, 0.717) is 6.04 Å². The molecule has 1 fully saturated rings. The maximum absolute atomic E-state index is 5.91. The van der Waals surface area contributed by atoms with Crippen LogP contribution >= 0.6 is 0 Å². The predicted molar refractivity (Wildman–Crippen MR) is 84.0 cm³/mol. The summed E-state index contributed by atoms with van der Waals surface area (Å²) in [4.78, 5) is 6.84. The minimum Gasteiger partial charge on any atom is -0.439 e. The lowest BCUT2D eigenvalue weighted by Gasteiger charge is -2.31. The number of hydrogen-bond acceptors (Lipinski definition) is 4. The van der Waals surface area contributed by atoms with Crippen LogP contribution in [0.3, 0.4) is 0 Å². The Kier molecular flexibility index (Phi) is 4.36. The number of rotatable bonds is 4. The zero-order valence-corrected chi connectivity index (χ0v) is 12.8. The number of nitrogens with one attached hydrogen (secondary N) is 1. The highest BCUT2D eigenvalue weighted by Gasteiger charge is 2.20. The van der Waals surface area contributed by atoms with Gasteiger partial charge in [-0.3, -0.25) is 4.90 Å². The summed E-state index contributed by atoms with van der Waals surface area (Å²) in [5, 5.41) is 3.36. The first kappa shape index (κ1) is 14.3. The van der Waals surface area contributed by atoms with Gasteiger partial charge in [0.1, 0.15) is 0 Å². The maximum Gasteiger partial charge on any atom is 0.209 e. The maximum atomic E-state index is 5.91. The molecule has 2 aromatic rings. The van der Waals surface area contributed by atoms with Crippen LogP contribution in [-0.2, 0) is 6.54 Å². The summed E-state index contributed by atoms with van der Waals surface area (Å²) in [5.41, 5.74) is 2.34. The monoisotopic (exact) mass is 285 g/mol. The first-order valence-electron chi connectivity index (χ1n) is 7.66. The summed E-state index contributed by atoms with van der Waals surface area (Å²) in [7, 11) is 2.04. The Labute approximate surface area is 126 Å². The number of hydrogen-bond donors (Lipinski definition) is 1. The first-order chi connectivity index (χ1) is 10.2. The van der Waals surface area contributed by atoms with Gasteiger partial charge in [0.25, 0.3) is 0 Å². The first-order valence-corrected chi connectivity index (χ1v) is 7.66. The van der Waals surface area contributed by atoms with Crippen LogP contribution in [0.5, 0.6) is 0 Å². The average molecular weight is 285 g/mol. The smallest absolute Gasteiger partial charge is 0.209 e. The van der Waals surface area contributed by atoms with E-state index in [2.05, 4.69) is 46.4 Å². The molecule has 1 aliphatic heterocycles. The van der Waals surface area contributed by atoms with Crippen molar-refractivity contribution in [2.45, 2.75) is 32.4 Å². The number of likely N-dealkylation sites (N-methyl/N-ethyl adjacent to an activating group) is 1. The van der Waals surface area contributed by atoms with Crippen LogP contribution in [0.1, 0.15) is 24.3 Å². The molecule has 0 saturated carbocycles. The third kappa shape index (κ3) is 3.52. The van der Waals surface area contributed by atoms with Crippen LogP contribution in [0.15, 0.2) is 34.9 Å². The zero-order valence-electron chi connectivity index (χ0n) is 12.8. The van der Waals surface area contributed by atoms with Crippen molar-refractivity contribution in [3.8, 4) is 11.3 Å². The van der Waals surface area contributed by atoms with Crippen molar-refractivity contribution < 1.29 is 4.42 Å². The highest BCUT2D eigenvalue weighted by atomic mass is 16.4. The quantitative estimate of drug-likeness (QED) is 0.938. The van der Waals surface area contributed by atoms with Crippen LogP contribution in [0.2, 0.25) is 0 Å². The Morgan fingerprint density at radius 1 is 1.33 bits per heavy atom. The van der Waals surface area contributed by atoms with E-state index in [1.165, 1.54) is 18.4 Å². The molecule has 1 aliphatic rings. The number of nitrogens with zero attached hydrogens (tertiary/aromatic N) is 2. The molecular formula is C17H23N3O. The Balaban J connectivity index is 1.66. The highest BCUT2D eigenvalue weighted by Crippen LogP contribution is 2.22. The van der Waals surface area contributed by atoms with Crippen LogP contribution in [0, 0.1) is 6.92 Å². The molecule has 21 heavy (non-hydrogen) atoms. The number of oxazole rings is 1. The van der Waals surface area contributed by atoms with Gasteiger partial charge in [-0.25, -0.2) is 4.98 Å². The summed E-state index contributed by atoms with van der Waals surface area (Å²) in [6.07, 6.45) is 4.32. The predicted octanol–water partition coefficient (Wildman–Crippen LogP) is 2.83. The molecule has 1 atom stereocenters. The highest BCUT2D eigenvalue weighted by molar-refractivity contribution is 5.56. The van der Waals surface area contributed by atoms with Crippen molar-refractivity contribution in [2.24, 2.45) is 0 Å². The Morgan fingerprint density at radius 2 is 2.14 bits per heavy atom. The van der Waals surface area contributed by atoms with Crippen molar-refractivity contribution in [1.82, 2.24) is 15.2 Å². The van der Waals surface area contributed by atoms with Gasteiger partial charge in [0, 0.05) is 18.2 Å². The molecule has 1 N–H and O–H groups in total. The number of piperidine rings is 1. The van der Waals surface area contributed by atoms with Crippen molar-refractivity contribution in [3.63, 3.8) is 0 Å². The largest absolute Gasteiger partial charge is 0.439 e. The Hall–Kier alpha value is -1.65. The molecule has 1 unspecified atom stereocenters. The molecular weight excluding hydrogens is 262 g/mol. The van der Waals surface area contributed by atoms with Gasteiger partial charge >= 0.3 is 0 Å². The molecule has 4 heteroatoms. The molecule has 0 aliphatic carbocycles. The van der Waals surface area contributed by atoms with Gasteiger partial charge in [-0.1, -0.05) is 29.8 Å². The number of aromatic nitrogens is 1. The van der Waals surface area contributed by atoms with Crippen LogP contribution in [0.4, 0.5) is 0 Å². The molecule has 3 rings (SSSR count). The molecule has 0 bridgehead atoms. The molecule has 4 nitrogen and oxygen atoms in total. The van der Waals surface area contributed by atoms with E-state index >= 15 is 0 Å². The van der Waals surface area contributed by atoms with E-state index in [9.17, 15) is 0 Å². The SMILES string of the molecule is CNC1CCCN(Cc2ncc(-c3ccc(C)cc3)o2)C1. The minimum absolute atomic E-state index is 0.588. The van der Waals surface area contributed by atoms with Crippen molar-refractivity contribution >= 4 is 0 Å². The second kappa shape index (κ2) is 6.41. The van der Waals surface area contributed by atoms with Crippen LogP contribution in [0.25, 0.3) is 11.3 Å². The number of benzene rings is 1. The summed E-state index contributed by atoms with van der Waals surface area (Å²) in [5.74, 6) is 1.66. The van der Waals surface area contributed by atoms with E-state index in [0.717, 1.165) is 36.8 Å². The van der Waals surface area contributed by atoms with Gasteiger partial charge < -0.3 is 9.73 Å². The topological polar surface area (TPSA) is 41.3 Å². The van der Waals surface area contributed by atoms with Gasteiger partial charge in [-0.2, -0.15) is 0 Å². The third-order valence-electron chi connectivity index (χ3n) is 4.16. The standard InChI is InChI=1S/C17H23N3O/c1-13-5-7-14(8-6-13)16-10-19-17(21-16)12-20-9-3-4-15(11-20)18-2/h5-8,10,15,18H,3-4,9,11-12H2,1-2H3. The second-order valence-corrected chi connectivity index (χ2v) is 5.85. The summed E-state index contributed by atoms with van der Waals surface area (Å²) >= 11 is 0. The van der Waals surface area contributed by atoms with Crippen molar-refractivity contribution in [2.75, 3.05) is 20.1 Å². The number of aryl methyl sites for hydroxylation is 1. The number of likely N-dealkylation sites (tertiary alicyclic amines) is 1. The van der Waals surface area contributed by atoms with Gasteiger partial charge in [-0.15, -0.1) is 0 Å². The zero-order chi connectivity index (χ0) is 14.7. The molecule has 1 aromatic carbocycles. The minimum atomic E-state index is 0.588. The fourth-order valence-electron chi connectivity index (χ4n) is 2.86. The molecule has 112 valence electrons. The van der Waals surface area contributed by atoms with Gasteiger partial charge in [0.05, 0.1) is 12.7 Å². The fraction of sp³-hybridized carbons (Fsp3) is 0.471. The van der Waals surface area contributed by atoms with E-state index in [1.807, 2.05) is 13.2 Å². The lowest BCUT2D eigenvalue weighted by atomic mass is 10.1. The summed E-state index contributed by atoms with van der Waals surface area (Å²) in [6.45, 7) is 5.08. The van der Waals surface area contributed by atoms with Crippen LogP contribution in [-0.4, -0.2) is 36.1 Å². The lowest BCUT2D eigenvalue weighted by Crippen LogP contribution is -2.43.